The lowest BCUT2D eigenvalue weighted by Gasteiger charge is -2.14. The smallest absolute Gasteiger partial charge is 0.224 e. The molecule has 0 spiro atoms. The van der Waals surface area contributed by atoms with E-state index in [9.17, 15) is 4.79 Å². The zero-order chi connectivity index (χ0) is 15.2. The minimum absolute atomic E-state index is 0.0498. The van der Waals surface area contributed by atoms with Crippen LogP contribution < -0.4 is 10.7 Å². The topological polar surface area (TPSA) is 65.8 Å². The molecule has 21 heavy (non-hydrogen) atoms. The molecule has 1 heterocycles. The molecule has 1 aliphatic heterocycles. The lowest BCUT2D eigenvalue weighted by atomic mass is 10.1. The van der Waals surface area contributed by atoms with Crippen molar-refractivity contribution in [2.45, 2.75) is 20.3 Å². The minimum atomic E-state index is 0.0498. The summed E-state index contributed by atoms with van der Waals surface area (Å²) in [7, 11) is 1.74. The minimum Gasteiger partial charge on any atom is -0.326 e. The van der Waals surface area contributed by atoms with Crippen LogP contribution in [0.4, 0.5) is 5.69 Å². The van der Waals surface area contributed by atoms with Gasteiger partial charge in [0, 0.05) is 24.9 Å². The molecule has 2 rings (SSSR count). The SMILES string of the molecule is CN=C1NN=C(c2ccc(NC(=O)CC(C)C)cc2)CS1. The van der Waals surface area contributed by atoms with E-state index < -0.39 is 0 Å². The van der Waals surface area contributed by atoms with Crippen molar-refractivity contribution in [3.05, 3.63) is 29.8 Å². The summed E-state index contributed by atoms with van der Waals surface area (Å²) in [5, 5.41) is 8.04. The summed E-state index contributed by atoms with van der Waals surface area (Å²) in [6, 6.07) is 7.76. The Bertz CT molecular complexity index is 564. The van der Waals surface area contributed by atoms with Gasteiger partial charge in [0.2, 0.25) is 5.91 Å². The maximum absolute atomic E-state index is 11.7. The van der Waals surface area contributed by atoms with Crippen molar-refractivity contribution >= 4 is 34.2 Å². The Morgan fingerprint density at radius 1 is 1.43 bits per heavy atom. The molecule has 0 bridgehead atoms. The van der Waals surface area contributed by atoms with Gasteiger partial charge in [-0.1, -0.05) is 37.7 Å². The molecule has 0 fully saturated rings. The fourth-order valence-electron chi connectivity index (χ4n) is 1.91. The molecule has 2 N–H and O–H groups in total. The number of thioether (sulfide) groups is 1. The number of hydrogen-bond acceptors (Lipinski definition) is 4. The number of carbonyl (C=O) groups excluding carboxylic acids is 1. The van der Waals surface area contributed by atoms with Crippen molar-refractivity contribution in [1.82, 2.24) is 5.43 Å². The van der Waals surface area contributed by atoms with Crippen LogP contribution in [-0.2, 0) is 4.79 Å². The second-order valence-electron chi connectivity index (χ2n) is 5.21. The highest BCUT2D eigenvalue weighted by Gasteiger charge is 2.12. The summed E-state index contributed by atoms with van der Waals surface area (Å²) in [6.07, 6.45) is 0.536. The molecule has 5 nitrogen and oxygen atoms in total. The van der Waals surface area contributed by atoms with Crippen molar-refractivity contribution in [1.29, 1.82) is 0 Å². The highest BCUT2D eigenvalue weighted by atomic mass is 32.2. The first-order valence-corrected chi connectivity index (χ1v) is 7.89. The summed E-state index contributed by atoms with van der Waals surface area (Å²) in [4.78, 5) is 15.8. The lowest BCUT2D eigenvalue weighted by molar-refractivity contribution is -0.116. The summed E-state index contributed by atoms with van der Waals surface area (Å²) in [5.74, 6) is 1.20. The van der Waals surface area contributed by atoms with Crippen molar-refractivity contribution < 1.29 is 4.79 Å². The van der Waals surface area contributed by atoms with Gasteiger partial charge in [-0.2, -0.15) is 5.10 Å². The molecule has 1 aliphatic rings. The van der Waals surface area contributed by atoms with Crippen LogP contribution in [0.1, 0.15) is 25.8 Å². The number of hydrogen-bond donors (Lipinski definition) is 2. The zero-order valence-corrected chi connectivity index (χ0v) is 13.3. The molecule has 112 valence electrons. The van der Waals surface area contributed by atoms with E-state index >= 15 is 0 Å². The molecule has 1 aromatic rings. The quantitative estimate of drug-likeness (QED) is 0.899. The Morgan fingerprint density at radius 2 is 2.14 bits per heavy atom. The van der Waals surface area contributed by atoms with Crippen LogP contribution in [0, 0.1) is 5.92 Å². The summed E-state index contributed by atoms with van der Waals surface area (Å²) >= 11 is 1.63. The van der Waals surface area contributed by atoms with Gasteiger partial charge in [0.05, 0.1) is 5.71 Å². The van der Waals surface area contributed by atoms with Gasteiger partial charge in [-0.15, -0.1) is 0 Å². The number of nitrogens with one attached hydrogen (secondary N) is 2. The molecule has 0 saturated carbocycles. The third-order valence-electron chi connectivity index (χ3n) is 2.93. The van der Waals surface area contributed by atoms with Gasteiger partial charge in [-0.05, 0) is 23.6 Å². The lowest BCUT2D eigenvalue weighted by Crippen LogP contribution is -2.25. The van der Waals surface area contributed by atoms with Crippen LogP contribution in [0.25, 0.3) is 0 Å². The van der Waals surface area contributed by atoms with Crippen molar-refractivity contribution in [2.75, 3.05) is 18.1 Å². The van der Waals surface area contributed by atoms with Crippen LogP contribution in [0.5, 0.6) is 0 Å². The first-order valence-electron chi connectivity index (χ1n) is 6.91. The van der Waals surface area contributed by atoms with Crippen molar-refractivity contribution in [2.24, 2.45) is 16.0 Å². The van der Waals surface area contributed by atoms with Crippen LogP contribution in [0.3, 0.4) is 0 Å². The number of anilines is 1. The number of hydrazone groups is 1. The fraction of sp³-hybridized carbons (Fsp3) is 0.400. The highest BCUT2D eigenvalue weighted by molar-refractivity contribution is 8.14. The molecule has 0 aromatic heterocycles. The molecule has 6 heteroatoms. The second kappa shape index (κ2) is 7.26. The maximum Gasteiger partial charge on any atom is 0.224 e. The molecule has 0 unspecified atom stereocenters. The third-order valence-corrected chi connectivity index (χ3v) is 3.90. The van der Waals surface area contributed by atoms with Crippen LogP contribution in [-0.4, -0.2) is 29.6 Å². The van der Waals surface area contributed by atoms with Crippen LogP contribution >= 0.6 is 11.8 Å². The predicted molar refractivity (Wildman–Crippen MR) is 90.0 cm³/mol. The number of rotatable bonds is 4. The maximum atomic E-state index is 11.7. The first kappa shape index (κ1) is 15.6. The second-order valence-corrected chi connectivity index (χ2v) is 6.18. The predicted octanol–water partition coefficient (Wildman–Crippen LogP) is 2.70. The number of aliphatic imine (C=N–C) groups is 1. The number of carbonyl (C=O) groups is 1. The number of nitrogens with zero attached hydrogens (tertiary/aromatic N) is 2. The van der Waals surface area contributed by atoms with Gasteiger partial charge < -0.3 is 5.32 Å². The molecule has 0 radical (unpaired) electrons. The monoisotopic (exact) mass is 304 g/mol. The van der Waals surface area contributed by atoms with Gasteiger partial charge in [0.25, 0.3) is 0 Å². The normalized spacial score (nSPS) is 16.6. The molecule has 0 saturated heterocycles. The van der Waals surface area contributed by atoms with Gasteiger partial charge in [-0.3, -0.25) is 15.2 Å². The fourth-order valence-corrected chi connectivity index (χ4v) is 2.65. The van der Waals surface area contributed by atoms with E-state index in [0.717, 1.165) is 27.9 Å². The van der Waals surface area contributed by atoms with E-state index in [1.165, 1.54) is 0 Å². The molecule has 1 aromatic carbocycles. The average Bonchev–Trinajstić information content (AvgIpc) is 2.47. The Morgan fingerprint density at radius 3 is 2.67 bits per heavy atom. The van der Waals surface area contributed by atoms with E-state index in [2.05, 4.69) is 20.8 Å². The van der Waals surface area contributed by atoms with E-state index in [1.54, 1.807) is 18.8 Å². The van der Waals surface area contributed by atoms with Crippen LogP contribution in [0.2, 0.25) is 0 Å². The molecular weight excluding hydrogens is 284 g/mol. The Kier molecular flexibility index (Phi) is 5.38. The van der Waals surface area contributed by atoms with Crippen molar-refractivity contribution in [3.8, 4) is 0 Å². The van der Waals surface area contributed by atoms with Gasteiger partial charge in [0.1, 0.15) is 0 Å². The van der Waals surface area contributed by atoms with E-state index in [0.29, 0.717) is 12.3 Å². The first-order chi connectivity index (χ1) is 10.1. The molecule has 0 aliphatic carbocycles. The largest absolute Gasteiger partial charge is 0.326 e. The van der Waals surface area contributed by atoms with E-state index in [1.807, 2.05) is 38.1 Å². The summed E-state index contributed by atoms with van der Waals surface area (Å²) < 4.78 is 0. The summed E-state index contributed by atoms with van der Waals surface area (Å²) in [6.45, 7) is 4.06. The Labute approximate surface area is 129 Å². The summed E-state index contributed by atoms with van der Waals surface area (Å²) in [5.41, 5.74) is 5.76. The highest BCUT2D eigenvalue weighted by Crippen LogP contribution is 2.16. The number of benzene rings is 1. The van der Waals surface area contributed by atoms with Gasteiger partial charge in [0.15, 0.2) is 5.17 Å². The van der Waals surface area contributed by atoms with Gasteiger partial charge >= 0.3 is 0 Å². The third kappa shape index (κ3) is 4.60. The zero-order valence-electron chi connectivity index (χ0n) is 12.5. The van der Waals surface area contributed by atoms with Crippen LogP contribution in [0.15, 0.2) is 34.4 Å². The average molecular weight is 304 g/mol. The Hall–Kier alpha value is -1.82. The van der Waals surface area contributed by atoms with E-state index in [4.69, 9.17) is 0 Å². The Balaban J connectivity index is 1.99. The number of amides is 1. The number of amidine groups is 1. The molecular formula is C15H20N4OS. The molecule has 0 atom stereocenters. The van der Waals surface area contributed by atoms with Crippen molar-refractivity contribution in [3.63, 3.8) is 0 Å². The van der Waals surface area contributed by atoms with Gasteiger partial charge in [-0.25, -0.2) is 0 Å². The standard InChI is InChI=1S/C15H20N4OS/c1-10(2)8-14(20)17-12-6-4-11(5-7-12)13-9-21-15(16-3)19-18-13/h4-7,10H,8-9H2,1-3H3,(H,16,19)(H,17,20). The molecule has 1 amide bonds. The van der Waals surface area contributed by atoms with E-state index in [-0.39, 0.29) is 5.91 Å².